The molecule has 2 saturated carbocycles. The van der Waals surface area contributed by atoms with Crippen molar-refractivity contribution >= 4 is 10.0 Å². The molecule has 0 bridgehead atoms. The van der Waals surface area contributed by atoms with E-state index in [2.05, 4.69) is 5.32 Å². The van der Waals surface area contributed by atoms with E-state index in [1.807, 2.05) is 13.8 Å². The van der Waals surface area contributed by atoms with Crippen LogP contribution in [-0.2, 0) is 16.6 Å². The van der Waals surface area contributed by atoms with E-state index in [0.29, 0.717) is 30.8 Å². The molecule has 0 amide bonds. The molecule has 6 heteroatoms. The summed E-state index contributed by atoms with van der Waals surface area (Å²) in [5.41, 5.74) is 0. The number of nitrogens with one attached hydrogen (secondary N) is 1. The second-order valence-electron chi connectivity index (χ2n) is 6.58. The Labute approximate surface area is 126 Å². The molecule has 0 spiro atoms. The molecule has 2 fully saturated rings. The lowest BCUT2D eigenvalue weighted by atomic mass is 10.2. The maximum Gasteiger partial charge on any atom is 0.276 e. The first-order chi connectivity index (χ1) is 9.96. The Morgan fingerprint density at radius 2 is 2.00 bits per heavy atom. The van der Waals surface area contributed by atoms with E-state index < -0.39 is 10.0 Å². The molecule has 1 aromatic heterocycles. The zero-order valence-corrected chi connectivity index (χ0v) is 13.5. The number of hydrogen-bond donors (Lipinski definition) is 1. The third-order valence-corrected chi connectivity index (χ3v) is 5.63. The lowest BCUT2D eigenvalue weighted by molar-refractivity contribution is 0.335. The first-order valence-corrected chi connectivity index (χ1v) is 9.25. The number of nitrogens with zero attached hydrogens (tertiary/aromatic N) is 1. The number of hydrogen-bond acceptors (Lipinski definition) is 4. The molecule has 2 aliphatic rings. The number of furan rings is 1. The first-order valence-electron chi connectivity index (χ1n) is 7.81. The second kappa shape index (κ2) is 5.74. The predicted octanol–water partition coefficient (Wildman–Crippen LogP) is 2.34. The third kappa shape index (κ3) is 3.67. The van der Waals surface area contributed by atoms with E-state index in [1.165, 1.54) is 12.8 Å². The molecule has 0 saturated heterocycles. The van der Waals surface area contributed by atoms with Crippen LogP contribution in [0.15, 0.2) is 21.6 Å². The maximum absolute atomic E-state index is 12.7. The summed E-state index contributed by atoms with van der Waals surface area (Å²) in [6.07, 6.45) is 4.33. The molecule has 0 unspecified atom stereocenters. The molecule has 1 N–H and O–H groups in total. The van der Waals surface area contributed by atoms with E-state index in [9.17, 15) is 8.42 Å². The number of sulfonamides is 1. The van der Waals surface area contributed by atoms with Crippen molar-refractivity contribution in [2.75, 3.05) is 6.54 Å². The smallest absolute Gasteiger partial charge is 0.276 e. The van der Waals surface area contributed by atoms with Gasteiger partial charge in [-0.3, -0.25) is 0 Å². The summed E-state index contributed by atoms with van der Waals surface area (Å²) >= 11 is 0. The van der Waals surface area contributed by atoms with Gasteiger partial charge in [0.15, 0.2) is 0 Å². The lowest BCUT2D eigenvalue weighted by Gasteiger charge is -2.22. The molecule has 3 rings (SSSR count). The molecule has 1 aromatic rings. The normalized spacial score (nSPS) is 19.6. The van der Waals surface area contributed by atoms with Crippen molar-refractivity contribution in [1.29, 1.82) is 0 Å². The average Bonchev–Trinajstić information content (AvgIpc) is 3.33. The van der Waals surface area contributed by atoms with Crippen LogP contribution in [0.5, 0.6) is 0 Å². The maximum atomic E-state index is 12.7. The Bertz CT molecular complexity index is 586. The Morgan fingerprint density at radius 1 is 1.29 bits per heavy atom. The summed E-state index contributed by atoms with van der Waals surface area (Å²) in [6.45, 7) is 5.24. The van der Waals surface area contributed by atoms with Crippen LogP contribution in [0, 0.1) is 5.92 Å². The molecular formula is C15H24N2O3S. The number of rotatable bonds is 8. The van der Waals surface area contributed by atoms with Gasteiger partial charge in [0.25, 0.3) is 10.0 Å². The van der Waals surface area contributed by atoms with Crippen molar-refractivity contribution in [2.45, 2.75) is 63.3 Å². The van der Waals surface area contributed by atoms with E-state index in [1.54, 1.807) is 16.4 Å². The molecule has 0 aliphatic heterocycles. The van der Waals surface area contributed by atoms with Crippen molar-refractivity contribution in [3.05, 3.63) is 17.9 Å². The molecule has 118 valence electrons. The van der Waals surface area contributed by atoms with Gasteiger partial charge in [-0.25, -0.2) is 8.42 Å². The van der Waals surface area contributed by atoms with E-state index in [-0.39, 0.29) is 11.1 Å². The summed E-state index contributed by atoms with van der Waals surface area (Å²) in [6, 6.07) is 4.10. The second-order valence-corrected chi connectivity index (χ2v) is 8.40. The van der Waals surface area contributed by atoms with Crippen LogP contribution in [0.25, 0.3) is 0 Å². The molecule has 2 aliphatic carbocycles. The van der Waals surface area contributed by atoms with Gasteiger partial charge in [-0.1, -0.05) is 13.8 Å². The van der Waals surface area contributed by atoms with Crippen LogP contribution < -0.4 is 5.32 Å². The van der Waals surface area contributed by atoms with E-state index in [0.717, 1.165) is 12.8 Å². The lowest BCUT2D eigenvalue weighted by Crippen LogP contribution is -2.35. The van der Waals surface area contributed by atoms with Crippen molar-refractivity contribution in [3.8, 4) is 0 Å². The van der Waals surface area contributed by atoms with Crippen LogP contribution in [-0.4, -0.2) is 31.4 Å². The SMILES string of the molecule is CC(C)CN(C1CC1)S(=O)(=O)c1ccc(CNC2CC2)o1. The van der Waals surface area contributed by atoms with Crippen LogP contribution >= 0.6 is 0 Å². The molecule has 5 nitrogen and oxygen atoms in total. The van der Waals surface area contributed by atoms with Crippen molar-refractivity contribution in [1.82, 2.24) is 9.62 Å². The van der Waals surface area contributed by atoms with Gasteiger partial charge < -0.3 is 9.73 Å². The van der Waals surface area contributed by atoms with E-state index in [4.69, 9.17) is 4.42 Å². The highest BCUT2D eigenvalue weighted by molar-refractivity contribution is 7.89. The summed E-state index contributed by atoms with van der Waals surface area (Å²) in [7, 11) is -3.50. The Kier molecular flexibility index (Phi) is 4.12. The highest BCUT2D eigenvalue weighted by Gasteiger charge is 2.39. The molecule has 0 atom stereocenters. The zero-order valence-electron chi connectivity index (χ0n) is 12.7. The van der Waals surface area contributed by atoms with Gasteiger partial charge in [0.05, 0.1) is 6.54 Å². The van der Waals surface area contributed by atoms with Crippen LogP contribution in [0.4, 0.5) is 0 Å². The Morgan fingerprint density at radius 3 is 2.57 bits per heavy atom. The Balaban J connectivity index is 1.72. The highest BCUT2D eigenvalue weighted by Crippen LogP contribution is 2.33. The van der Waals surface area contributed by atoms with Crippen LogP contribution in [0.1, 0.15) is 45.3 Å². The summed E-state index contributed by atoms with van der Waals surface area (Å²) in [5, 5.41) is 3.42. The van der Waals surface area contributed by atoms with Crippen molar-refractivity contribution in [3.63, 3.8) is 0 Å². The fourth-order valence-electron chi connectivity index (χ4n) is 2.41. The minimum atomic E-state index is -3.50. The molecule has 21 heavy (non-hydrogen) atoms. The average molecular weight is 312 g/mol. The standard InChI is InChI=1S/C15H24N2O3S/c1-11(2)10-17(13-5-6-13)21(18,19)15-8-7-14(20-15)9-16-12-3-4-12/h7-8,11-13,16H,3-6,9-10H2,1-2H3. The van der Waals surface area contributed by atoms with Gasteiger partial charge in [-0.15, -0.1) is 0 Å². The van der Waals surface area contributed by atoms with Gasteiger partial charge in [0.2, 0.25) is 5.09 Å². The molecule has 0 radical (unpaired) electrons. The Hall–Kier alpha value is -0.850. The predicted molar refractivity (Wildman–Crippen MR) is 80.3 cm³/mol. The van der Waals surface area contributed by atoms with Gasteiger partial charge >= 0.3 is 0 Å². The van der Waals surface area contributed by atoms with Crippen molar-refractivity contribution in [2.24, 2.45) is 5.92 Å². The fourth-order valence-corrected chi connectivity index (χ4v) is 4.19. The van der Waals surface area contributed by atoms with Crippen molar-refractivity contribution < 1.29 is 12.8 Å². The summed E-state index contributed by atoms with van der Waals surface area (Å²) in [5.74, 6) is 1.01. The van der Waals surface area contributed by atoms with Gasteiger partial charge in [0.1, 0.15) is 5.76 Å². The van der Waals surface area contributed by atoms with Crippen LogP contribution in [0.3, 0.4) is 0 Å². The molecular weight excluding hydrogens is 288 g/mol. The largest absolute Gasteiger partial charge is 0.447 e. The quantitative estimate of drug-likeness (QED) is 0.800. The highest BCUT2D eigenvalue weighted by atomic mass is 32.2. The minimum absolute atomic E-state index is 0.0858. The monoisotopic (exact) mass is 312 g/mol. The molecule has 1 heterocycles. The molecule has 0 aromatic carbocycles. The summed E-state index contributed by atoms with van der Waals surface area (Å²) in [4.78, 5) is 0. The topological polar surface area (TPSA) is 62.6 Å². The van der Waals surface area contributed by atoms with Gasteiger partial charge in [-0.05, 0) is 43.7 Å². The van der Waals surface area contributed by atoms with E-state index >= 15 is 0 Å². The van der Waals surface area contributed by atoms with Gasteiger partial charge in [0, 0.05) is 18.6 Å². The fraction of sp³-hybridized carbons (Fsp3) is 0.733. The van der Waals surface area contributed by atoms with Gasteiger partial charge in [-0.2, -0.15) is 4.31 Å². The zero-order chi connectivity index (χ0) is 15.0. The summed E-state index contributed by atoms with van der Waals surface area (Å²) < 4.78 is 32.6. The first kappa shape index (κ1) is 15.1. The van der Waals surface area contributed by atoms with Crippen LogP contribution in [0.2, 0.25) is 0 Å². The third-order valence-electron chi connectivity index (χ3n) is 3.84. The minimum Gasteiger partial charge on any atom is -0.447 e.